The van der Waals surface area contributed by atoms with Crippen molar-refractivity contribution in [1.29, 1.82) is 0 Å². The van der Waals surface area contributed by atoms with E-state index >= 15 is 0 Å². The molecule has 4 nitrogen and oxygen atoms in total. The van der Waals surface area contributed by atoms with E-state index in [1.54, 1.807) is 6.20 Å². The number of carbonyl (C=O) groups is 1. The third kappa shape index (κ3) is 4.81. The van der Waals surface area contributed by atoms with Crippen LogP contribution in [0.4, 0.5) is 0 Å². The van der Waals surface area contributed by atoms with E-state index < -0.39 is 0 Å². The number of rotatable bonds is 5. The van der Waals surface area contributed by atoms with Crippen LogP contribution in [0.2, 0.25) is 0 Å². The predicted octanol–water partition coefficient (Wildman–Crippen LogP) is 2.64. The highest BCUT2D eigenvalue weighted by atomic mass is 32.2. The van der Waals surface area contributed by atoms with Gasteiger partial charge in [-0.05, 0) is 17.7 Å². The molecular weight excluding hydrogens is 308 g/mol. The molecule has 1 aliphatic heterocycles. The van der Waals surface area contributed by atoms with E-state index in [0.717, 1.165) is 11.4 Å². The second-order valence-corrected chi connectivity index (χ2v) is 6.47. The van der Waals surface area contributed by atoms with Crippen molar-refractivity contribution < 1.29 is 9.53 Å². The molecular formula is C18H20N2O2S. The Morgan fingerprint density at radius 3 is 2.83 bits per heavy atom. The molecule has 3 rings (SSSR count). The third-order valence-corrected chi connectivity index (χ3v) is 4.71. The highest BCUT2D eigenvalue weighted by Gasteiger charge is 2.24. The Balaban J connectivity index is 1.50. The van der Waals surface area contributed by atoms with Gasteiger partial charge in [-0.3, -0.25) is 4.79 Å². The first-order valence-electron chi connectivity index (χ1n) is 7.78. The highest BCUT2D eigenvalue weighted by Crippen LogP contribution is 2.17. The van der Waals surface area contributed by atoms with Gasteiger partial charge in [-0.1, -0.05) is 48.2 Å². The fourth-order valence-corrected chi connectivity index (χ4v) is 3.37. The molecule has 1 aromatic carbocycles. The molecule has 1 atom stereocenters. The minimum Gasteiger partial charge on any atom is -0.374 e. The maximum Gasteiger partial charge on any atom is 0.233 e. The largest absolute Gasteiger partial charge is 0.374 e. The Kier molecular flexibility index (Phi) is 5.66. The van der Waals surface area contributed by atoms with Gasteiger partial charge in [0.05, 0.1) is 23.5 Å². The van der Waals surface area contributed by atoms with E-state index in [1.165, 1.54) is 17.3 Å². The van der Waals surface area contributed by atoms with Gasteiger partial charge < -0.3 is 9.64 Å². The van der Waals surface area contributed by atoms with Crippen molar-refractivity contribution in [3.8, 4) is 0 Å². The van der Waals surface area contributed by atoms with Crippen LogP contribution in [0.25, 0.3) is 0 Å². The highest BCUT2D eigenvalue weighted by molar-refractivity contribution is 7.99. The van der Waals surface area contributed by atoms with Gasteiger partial charge in [0.25, 0.3) is 0 Å². The van der Waals surface area contributed by atoms with E-state index in [9.17, 15) is 4.79 Å². The van der Waals surface area contributed by atoms with Crippen molar-refractivity contribution in [3.63, 3.8) is 0 Å². The normalized spacial score (nSPS) is 17.9. The molecule has 0 unspecified atom stereocenters. The fraction of sp³-hybridized carbons (Fsp3) is 0.333. The molecule has 1 fully saturated rings. The summed E-state index contributed by atoms with van der Waals surface area (Å²) in [5, 5.41) is 0.884. The number of thioether (sulfide) groups is 1. The lowest BCUT2D eigenvalue weighted by Gasteiger charge is -2.33. The van der Waals surface area contributed by atoms with E-state index in [0.29, 0.717) is 25.4 Å². The lowest BCUT2D eigenvalue weighted by atomic mass is 10.1. The summed E-state index contributed by atoms with van der Waals surface area (Å²) in [6.45, 7) is 1.95. The van der Waals surface area contributed by atoms with Gasteiger partial charge in [-0.2, -0.15) is 0 Å². The number of hydrogen-bond donors (Lipinski definition) is 0. The quantitative estimate of drug-likeness (QED) is 0.792. The number of aromatic nitrogens is 1. The van der Waals surface area contributed by atoms with Crippen LogP contribution in [-0.4, -0.2) is 47.3 Å². The summed E-state index contributed by atoms with van der Waals surface area (Å²) in [4.78, 5) is 18.5. The van der Waals surface area contributed by atoms with E-state index in [-0.39, 0.29) is 12.0 Å². The van der Waals surface area contributed by atoms with Crippen molar-refractivity contribution in [2.45, 2.75) is 17.6 Å². The van der Waals surface area contributed by atoms with Crippen LogP contribution in [0.1, 0.15) is 5.56 Å². The van der Waals surface area contributed by atoms with Crippen LogP contribution < -0.4 is 0 Å². The number of morpholine rings is 1. The van der Waals surface area contributed by atoms with Crippen LogP contribution in [0, 0.1) is 0 Å². The van der Waals surface area contributed by atoms with Gasteiger partial charge in [0.15, 0.2) is 0 Å². The number of nitrogens with zero attached hydrogens (tertiary/aromatic N) is 2. The van der Waals surface area contributed by atoms with Crippen molar-refractivity contribution in [2.75, 3.05) is 25.4 Å². The molecule has 1 aromatic heterocycles. The number of amides is 1. The number of hydrogen-bond acceptors (Lipinski definition) is 4. The SMILES string of the molecule is O=C(CSc1ccccn1)N1CCO[C@H](Cc2ccccc2)C1. The Bertz CT molecular complexity index is 621. The molecule has 120 valence electrons. The Hall–Kier alpha value is -1.85. The second kappa shape index (κ2) is 8.13. The molecule has 0 radical (unpaired) electrons. The van der Waals surface area contributed by atoms with E-state index in [2.05, 4.69) is 17.1 Å². The fourth-order valence-electron chi connectivity index (χ4n) is 2.61. The predicted molar refractivity (Wildman–Crippen MR) is 91.4 cm³/mol. The maximum absolute atomic E-state index is 12.4. The van der Waals surface area contributed by atoms with Gasteiger partial charge in [0.1, 0.15) is 0 Å². The second-order valence-electron chi connectivity index (χ2n) is 5.48. The smallest absolute Gasteiger partial charge is 0.233 e. The zero-order valence-corrected chi connectivity index (χ0v) is 13.7. The topological polar surface area (TPSA) is 42.4 Å². The minimum atomic E-state index is 0.0787. The number of carbonyl (C=O) groups excluding carboxylic acids is 1. The zero-order valence-electron chi connectivity index (χ0n) is 12.9. The molecule has 0 N–H and O–H groups in total. The zero-order chi connectivity index (χ0) is 15.9. The number of benzene rings is 1. The summed E-state index contributed by atoms with van der Waals surface area (Å²) in [6.07, 6.45) is 2.67. The first-order chi connectivity index (χ1) is 11.3. The standard InChI is InChI=1S/C18H20N2O2S/c21-18(14-23-17-8-4-5-9-19-17)20-10-11-22-16(13-20)12-15-6-2-1-3-7-15/h1-9,16H,10-14H2/t16-/m1/s1. The van der Waals surface area contributed by atoms with Gasteiger partial charge in [-0.15, -0.1) is 0 Å². The summed E-state index contributed by atoms with van der Waals surface area (Å²) >= 11 is 1.48. The van der Waals surface area contributed by atoms with Crippen LogP contribution in [0.3, 0.4) is 0 Å². The molecule has 0 aliphatic carbocycles. The van der Waals surface area contributed by atoms with E-state index in [4.69, 9.17) is 4.74 Å². The molecule has 0 spiro atoms. The van der Waals surface area contributed by atoms with Crippen LogP contribution in [0.5, 0.6) is 0 Å². The van der Waals surface area contributed by atoms with Crippen molar-refractivity contribution >= 4 is 17.7 Å². The molecule has 23 heavy (non-hydrogen) atoms. The lowest BCUT2D eigenvalue weighted by molar-refractivity contribution is -0.135. The molecule has 1 saturated heterocycles. The maximum atomic E-state index is 12.4. The Morgan fingerprint density at radius 1 is 1.22 bits per heavy atom. The lowest BCUT2D eigenvalue weighted by Crippen LogP contribution is -2.47. The van der Waals surface area contributed by atoms with Crippen molar-refractivity contribution in [2.24, 2.45) is 0 Å². The minimum absolute atomic E-state index is 0.0787. The molecule has 2 aromatic rings. The summed E-state index contributed by atoms with van der Waals surface area (Å²) < 4.78 is 5.81. The summed E-state index contributed by atoms with van der Waals surface area (Å²) in [5.74, 6) is 0.580. The molecule has 1 aliphatic rings. The monoisotopic (exact) mass is 328 g/mol. The molecule has 0 saturated carbocycles. The first kappa shape index (κ1) is 16.0. The summed E-state index contributed by atoms with van der Waals surface area (Å²) in [6, 6.07) is 16.0. The molecule has 1 amide bonds. The first-order valence-corrected chi connectivity index (χ1v) is 8.77. The van der Waals surface area contributed by atoms with Gasteiger partial charge >= 0.3 is 0 Å². The summed E-state index contributed by atoms with van der Waals surface area (Å²) in [7, 11) is 0. The van der Waals surface area contributed by atoms with Gasteiger partial charge in [0.2, 0.25) is 5.91 Å². The summed E-state index contributed by atoms with van der Waals surface area (Å²) in [5.41, 5.74) is 1.25. The van der Waals surface area contributed by atoms with Crippen molar-refractivity contribution in [1.82, 2.24) is 9.88 Å². The molecule has 2 heterocycles. The van der Waals surface area contributed by atoms with Crippen LogP contribution in [0.15, 0.2) is 59.8 Å². The van der Waals surface area contributed by atoms with Gasteiger partial charge in [0, 0.05) is 25.7 Å². The number of ether oxygens (including phenoxy) is 1. The van der Waals surface area contributed by atoms with Gasteiger partial charge in [-0.25, -0.2) is 4.98 Å². The van der Waals surface area contributed by atoms with Crippen LogP contribution >= 0.6 is 11.8 Å². The van der Waals surface area contributed by atoms with Crippen LogP contribution in [-0.2, 0) is 16.0 Å². The Morgan fingerprint density at radius 2 is 2.04 bits per heavy atom. The average molecular weight is 328 g/mol. The Labute approximate surface area is 140 Å². The van der Waals surface area contributed by atoms with Crippen molar-refractivity contribution in [3.05, 3.63) is 60.3 Å². The molecule has 5 heteroatoms. The average Bonchev–Trinajstić information content (AvgIpc) is 2.62. The van der Waals surface area contributed by atoms with E-state index in [1.807, 2.05) is 41.3 Å². The molecule has 0 bridgehead atoms. The number of pyridine rings is 1. The third-order valence-electron chi connectivity index (χ3n) is 3.78.